The fourth-order valence-electron chi connectivity index (χ4n) is 3.20. The molecule has 2 unspecified atom stereocenters. The maximum absolute atomic E-state index is 12.1. The lowest BCUT2D eigenvalue weighted by Crippen LogP contribution is -2.46. The second-order valence-electron chi connectivity index (χ2n) is 6.39. The zero-order chi connectivity index (χ0) is 13.7. The zero-order valence-corrected chi connectivity index (χ0v) is 14.9. The Balaban J connectivity index is 0.00000200. The van der Waals surface area contributed by atoms with Crippen molar-refractivity contribution >= 4 is 30.7 Å². The van der Waals surface area contributed by atoms with E-state index in [9.17, 15) is 4.79 Å². The van der Waals surface area contributed by atoms with Gasteiger partial charge in [0.1, 0.15) is 0 Å². The second-order valence-corrected chi connectivity index (χ2v) is 6.39. The van der Waals surface area contributed by atoms with Gasteiger partial charge < -0.3 is 15.5 Å². The first-order chi connectivity index (χ1) is 9.16. The molecule has 6 heteroatoms. The van der Waals surface area contributed by atoms with Crippen molar-refractivity contribution in [3.63, 3.8) is 0 Å². The van der Waals surface area contributed by atoms with Gasteiger partial charge >= 0.3 is 0 Å². The number of nitrogens with zero attached hydrogens (tertiary/aromatic N) is 1. The van der Waals surface area contributed by atoms with Crippen LogP contribution in [0, 0.1) is 11.8 Å². The van der Waals surface area contributed by atoms with Crippen LogP contribution in [0.25, 0.3) is 0 Å². The molecule has 0 aliphatic carbocycles. The van der Waals surface area contributed by atoms with Gasteiger partial charge in [0, 0.05) is 25.7 Å². The highest BCUT2D eigenvalue weighted by atomic mass is 35.5. The van der Waals surface area contributed by atoms with Gasteiger partial charge in [-0.3, -0.25) is 4.79 Å². The highest BCUT2D eigenvalue weighted by Crippen LogP contribution is 2.18. The highest BCUT2D eigenvalue weighted by molar-refractivity contribution is 5.85. The van der Waals surface area contributed by atoms with Crippen LogP contribution in [0.1, 0.15) is 39.5 Å². The van der Waals surface area contributed by atoms with Crippen LogP contribution in [-0.2, 0) is 4.79 Å². The SMILES string of the molecule is CC(C)N1CCCC(CNC(=O)C2CCCNC2)C1.Cl.Cl. The average molecular weight is 340 g/mol. The van der Waals surface area contributed by atoms with Gasteiger partial charge in [-0.2, -0.15) is 0 Å². The van der Waals surface area contributed by atoms with Crippen molar-refractivity contribution in [1.29, 1.82) is 0 Å². The van der Waals surface area contributed by atoms with Crippen LogP contribution in [0.15, 0.2) is 0 Å². The fourth-order valence-corrected chi connectivity index (χ4v) is 3.20. The summed E-state index contributed by atoms with van der Waals surface area (Å²) in [5.41, 5.74) is 0. The van der Waals surface area contributed by atoms with Gasteiger partial charge in [-0.1, -0.05) is 0 Å². The molecule has 0 aromatic carbocycles. The van der Waals surface area contributed by atoms with Crippen LogP contribution < -0.4 is 10.6 Å². The van der Waals surface area contributed by atoms with Crippen molar-refractivity contribution in [3.8, 4) is 0 Å². The van der Waals surface area contributed by atoms with E-state index in [1.54, 1.807) is 0 Å². The Hall–Kier alpha value is -0.0300. The normalized spacial score (nSPS) is 26.6. The van der Waals surface area contributed by atoms with E-state index < -0.39 is 0 Å². The van der Waals surface area contributed by atoms with Gasteiger partial charge in [0.25, 0.3) is 0 Å². The summed E-state index contributed by atoms with van der Waals surface area (Å²) in [5.74, 6) is 1.09. The van der Waals surface area contributed by atoms with E-state index in [0.717, 1.165) is 39.0 Å². The Morgan fingerprint density at radius 3 is 2.67 bits per heavy atom. The Morgan fingerprint density at radius 1 is 1.29 bits per heavy atom. The molecule has 0 bridgehead atoms. The van der Waals surface area contributed by atoms with E-state index in [1.807, 2.05) is 0 Å². The maximum Gasteiger partial charge on any atom is 0.224 e. The van der Waals surface area contributed by atoms with E-state index in [2.05, 4.69) is 29.4 Å². The van der Waals surface area contributed by atoms with Crippen LogP contribution in [0.4, 0.5) is 0 Å². The number of hydrogen-bond donors (Lipinski definition) is 2. The topological polar surface area (TPSA) is 44.4 Å². The minimum Gasteiger partial charge on any atom is -0.355 e. The number of halogens is 2. The van der Waals surface area contributed by atoms with Crippen LogP contribution >= 0.6 is 24.8 Å². The molecule has 2 aliphatic heterocycles. The number of carbonyl (C=O) groups excluding carboxylic acids is 1. The summed E-state index contributed by atoms with van der Waals surface area (Å²) in [4.78, 5) is 14.6. The molecule has 0 radical (unpaired) electrons. The standard InChI is InChI=1S/C15H29N3O.2ClH/c1-12(2)18-8-4-5-13(11-18)9-17-15(19)14-6-3-7-16-10-14;;/h12-14,16H,3-11H2,1-2H3,(H,17,19);2*1H. The molecule has 2 atom stereocenters. The van der Waals surface area contributed by atoms with Crippen LogP contribution in [-0.4, -0.2) is 49.6 Å². The van der Waals surface area contributed by atoms with Gasteiger partial charge in [-0.05, 0) is 58.5 Å². The van der Waals surface area contributed by atoms with Crippen molar-refractivity contribution in [2.24, 2.45) is 11.8 Å². The molecule has 21 heavy (non-hydrogen) atoms. The lowest BCUT2D eigenvalue weighted by atomic mass is 9.95. The molecule has 0 aromatic rings. The molecule has 0 spiro atoms. The molecule has 2 fully saturated rings. The molecule has 0 aromatic heterocycles. The van der Waals surface area contributed by atoms with E-state index in [1.165, 1.54) is 19.4 Å². The molecule has 2 rings (SSSR count). The molecule has 2 aliphatic rings. The monoisotopic (exact) mass is 339 g/mol. The first kappa shape index (κ1) is 21.0. The van der Waals surface area contributed by atoms with Crippen molar-refractivity contribution < 1.29 is 4.79 Å². The summed E-state index contributed by atoms with van der Waals surface area (Å²) in [7, 11) is 0. The third-order valence-electron chi connectivity index (χ3n) is 4.51. The predicted octanol–water partition coefficient (Wildman–Crippen LogP) is 2.07. The van der Waals surface area contributed by atoms with Crippen molar-refractivity contribution in [2.75, 3.05) is 32.7 Å². The largest absolute Gasteiger partial charge is 0.355 e. The molecule has 2 heterocycles. The summed E-state index contributed by atoms with van der Waals surface area (Å²) >= 11 is 0. The van der Waals surface area contributed by atoms with Crippen LogP contribution in [0.2, 0.25) is 0 Å². The number of amides is 1. The lowest BCUT2D eigenvalue weighted by Gasteiger charge is -2.35. The first-order valence-corrected chi connectivity index (χ1v) is 7.89. The van der Waals surface area contributed by atoms with Crippen LogP contribution in [0.3, 0.4) is 0 Å². The summed E-state index contributed by atoms with van der Waals surface area (Å²) in [6.45, 7) is 9.65. The van der Waals surface area contributed by atoms with Crippen LogP contribution in [0.5, 0.6) is 0 Å². The highest BCUT2D eigenvalue weighted by Gasteiger charge is 2.24. The number of likely N-dealkylation sites (tertiary alicyclic amines) is 1. The summed E-state index contributed by atoms with van der Waals surface area (Å²) in [6.07, 6.45) is 4.69. The summed E-state index contributed by atoms with van der Waals surface area (Å²) in [5, 5.41) is 6.48. The number of piperidine rings is 2. The fraction of sp³-hybridized carbons (Fsp3) is 0.933. The average Bonchev–Trinajstić information content (AvgIpc) is 2.46. The summed E-state index contributed by atoms with van der Waals surface area (Å²) < 4.78 is 0. The van der Waals surface area contributed by atoms with E-state index in [-0.39, 0.29) is 36.6 Å². The third-order valence-corrected chi connectivity index (χ3v) is 4.51. The molecule has 126 valence electrons. The maximum atomic E-state index is 12.1. The van der Waals surface area contributed by atoms with Gasteiger partial charge in [-0.25, -0.2) is 0 Å². The van der Waals surface area contributed by atoms with E-state index in [0.29, 0.717) is 12.0 Å². The van der Waals surface area contributed by atoms with Crippen molar-refractivity contribution in [3.05, 3.63) is 0 Å². The molecular weight excluding hydrogens is 309 g/mol. The smallest absolute Gasteiger partial charge is 0.224 e. The van der Waals surface area contributed by atoms with Crippen molar-refractivity contribution in [2.45, 2.75) is 45.6 Å². The Morgan fingerprint density at radius 2 is 2.05 bits per heavy atom. The first-order valence-electron chi connectivity index (χ1n) is 7.89. The van der Waals surface area contributed by atoms with E-state index >= 15 is 0 Å². The molecule has 2 saturated heterocycles. The number of nitrogens with one attached hydrogen (secondary N) is 2. The third kappa shape index (κ3) is 6.72. The minimum atomic E-state index is 0. The van der Waals surface area contributed by atoms with E-state index in [4.69, 9.17) is 0 Å². The molecule has 1 amide bonds. The zero-order valence-electron chi connectivity index (χ0n) is 13.3. The Kier molecular flexibility index (Phi) is 10.6. The second kappa shape index (κ2) is 10.7. The quantitative estimate of drug-likeness (QED) is 0.823. The number of hydrogen-bond acceptors (Lipinski definition) is 3. The molecule has 2 N–H and O–H groups in total. The Bertz CT molecular complexity index is 297. The number of rotatable bonds is 4. The molecule has 4 nitrogen and oxygen atoms in total. The number of carbonyl (C=O) groups is 1. The molecular formula is C15H31Cl2N3O. The van der Waals surface area contributed by atoms with Gasteiger partial charge in [-0.15, -0.1) is 24.8 Å². The molecule has 0 saturated carbocycles. The Labute approximate surface area is 141 Å². The van der Waals surface area contributed by atoms with Gasteiger partial charge in [0.05, 0.1) is 5.92 Å². The van der Waals surface area contributed by atoms with Gasteiger partial charge in [0.15, 0.2) is 0 Å². The summed E-state index contributed by atoms with van der Waals surface area (Å²) in [6, 6.07) is 0.626. The minimum absolute atomic E-state index is 0. The van der Waals surface area contributed by atoms with Gasteiger partial charge in [0.2, 0.25) is 5.91 Å². The van der Waals surface area contributed by atoms with Crippen molar-refractivity contribution in [1.82, 2.24) is 15.5 Å². The predicted molar refractivity (Wildman–Crippen MR) is 92.5 cm³/mol. The lowest BCUT2D eigenvalue weighted by molar-refractivity contribution is -0.125.